The van der Waals surface area contributed by atoms with Crippen LogP contribution < -0.4 is 5.32 Å². The highest BCUT2D eigenvalue weighted by molar-refractivity contribution is 6.30. The highest BCUT2D eigenvalue weighted by Crippen LogP contribution is 2.39. The molecule has 2 aromatic carbocycles. The van der Waals surface area contributed by atoms with Crippen LogP contribution >= 0.6 is 11.6 Å². The fourth-order valence-corrected chi connectivity index (χ4v) is 4.17. The first kappa shape index (κ1) is 26.0. The Bertz CT molecular complexity index is 1250. The van der Waals surface area contributed by atoms with Crippen LogP contribution in [0.1, 0.15) is 37.6 Å². The molecule has 4 rings (SSSR count). The number of hydrogen-bond acceptors (Lipinski definition) is 5. The van der Waals surface area contributed by atoms with Crippen LogP contribution in [0.15, 0.2) is 48.5 Å². The first-order valence-corrected chi connectivity index (χ1v) is 11.6. The zero-order chi connectivity index (χ0) is 26.3. The second kappa shape index (κ2) is 9.76. The molecule has 0 saturated heterocycles. The van der Waals surface area contributed by atoms with Gasteiger partial charge in [-0.25, -0.2) is 9.48 Å². The summed E-state index contributed by atoms with van der Waals surface area (Å²) in [4.78, 5) is 13.6. The molecule has 0 bridgehead atoms. The van der Waals surface area contributed by atoms with Gasteiger partial charge in [0.25, 0.3) is 0 Å². The Kier molecular flexibility index (Phi) is 7.05. The molecule has 3 aromatic rings. The van der Waals surface area contributed by atoms with Gasteiger partial charge in [-0.2, -0.15) is 18.3 Å². The standard InChI is InChI=1S/C25H26ClF3N4O3/c1-24(2,3)36-23(35)30-12-21(34)32-13-17-19(14-32)31-33(22(17)15-8-10-16(26)11-9-15)20-7-5-4-6-18(20)25(27,28)29/h4-11,21,34H,12-14H2,1-3H3,(H,30,35). The van der Waals surface area contributed by atoms with Crippen molar-refractivity contribution in [3.8, 4) is 16.9 Å². The Hall–Kier alpha value is -3.08. The second-order valence-electron chi connectivity index (χ2n) is 9.48. The lowest BCUT2D eigenvalue weighted by Gasteiger charge is -2.25. The van der Waals surface area contributed by atoms with Crippen molar-refractivity contribution in [2.45, 2.75) is 51.9 Å². The van der Waals surface area contributed by atoms with Gasteiger partial charge in [0.15, 0.2) is 0 Å². The lowest BCUT2D eigenvalue weighted by molar-refractivity contribution is -0.137. The number of alkyl halides is 3. The number of para-hydroxylation sites is 1. The molecule has 0 saturated carbocycles. The van der Waals surface area contributed by atoms with Crippen molar-refractivity contribution in [3.63, 3.8) is 0 Å². The van der Waals surface area contributed by atoms with Gasteiger partial charge in [-0.1, -0.05) is 35.9 Å². The summed E-state index contributed by atoms with van der Waals surface area (Å²) in [6, 6.07) is 12.0. The number of hydrogen-bond donors (Lipinski definition) is 2. The molecule has 1 atom stereocenters. The van der Waals surface area contributed by atoms with Crippen LogP contribution in [0.2, 0.25) is 5.02 Å². The number of aliphatic hydroxyl groups excluding tert-OH is 1. The maximum atomic E-state index is 13.8. The molecule has 2 heterocycles. The third-order valence-electron chi connectivity index (χ3n) is 5.59. The number of carbonyl (C=O) groups is 1. The molecular weight excluding hydrogens is 497 g/mol. The number of ether oxygens (including phenoxy) is 1. The fraction of sp³-hybridized carbons (Fsp3) is 0.360. The Morgan fingerprint density at radius 3 is 2.44 bits per heavy atom. The van der Waals surface area contributed by atoms with Crippen molar-refractivity contribution in [1.29, 1.82) is 0 Å². The first-order valence-electron chi connectivity index (χ1n) is 11.3. The van der Waals surface area contributed by atoms with Gasteiger partial charge in [0, 0.05) is 29.2 Å². The minimum Gasteiger partial charge on any atom is -0.444 e. The molecule has 0 spiro atoms. The van der Waals surface area contributed by atoms with E-state index in [4.69, 9.17) is 16.3 Å². The zero-order valence-electron chi connectivity index (χ0n) is 19.9. The monoisotopic (exact) mass is 522 g/mol. The summed E-state index contributed by atoms with van der Waals surface area (Å²) in [7, 11) is 0. The van der Waals surface area contributed by atoms with E-state index in [9.17, 15) is 23.1 Å². The predicted octanol–water partition coefficient (Wildman–Crippen LogP) is 5.37. The number of amides is 1. The molecule has 1 aliphatic heterocycles. The summed E-state index contributed by atoms with van der Waals surface area (Å²) < 4.78 is 47.9. The van der Waals surface area contributed by atoms with Gasteiger partial charge in [0.2, 0.25) is 0 Å². The van der Waals surface area contributed by atoms with Crippen molar-refractivity contribution in [2.24, 2.45) is 0 Å². The molecule has 0 aliphatic carbocycles. The Labute approximate surface area is 211 Å². The van der Waals surface area contributed by atoms with Gasteiger partial charge in [-0.05, 0) is 45.0 Å². The molecule has 36 heavy (non-hydrogen) atoms. The summed E-state index contributed by atoms with van der Waals surface area (Å²) in [6.45, 7) is 5.52. The van der Waals surface area contributed by atoms with E-state index in [1.165, 1.54) is 22.9 Å². The molecule has 7 nitrogen and oxygen atoms in total. The lowest BCUT2D eigenvalue weighted by Crippen LogP contribution is -2.43. The number of alkyl carbamates (subject to hydrolysis) is 1. The summed E-state index contributed by atoms with van der Waals surface area (Å²) in [5.41, 5.74) is 0.756. The lowest BCUT2D eigenvalue weighted by atomic mass is 10.1. The summed E-state index contributed by atoms with van der Waals surface area (Å²) >= 11 is 6.04. The number of halogens is 4. The van der Waals surface area contributed by atoms with Crippen molar-refractivity contribution in [3.05, 3.63) is 70.4 Å². The smallest absolute Gasteiger partial charge is 0.418 e. The average Bonchev–Trinajstić information content (AvgIpc) is 3.35. The largest absolute Gasteiger partial charge is 0.444 e. The topological polar surface area (TPSA) is 79.6 Å². The number of rotatable bonds is 5. The van der Waals surface area contributed by atoms with E-state index in [2.05, 4.69) is 10.4 Å². The van der Waals surface area contributed by atoms with Crippen LogP contribution in [-0.2, 0) is 24.0 Å². The van der Waals surface area contributed by atoms with Crippen LogP contribution in [0.3, 0.4) is 0 Å². The van der Waals surface area contributed by atoms with Crippen LogP contribution in [0.25, 0.3) is 16.9 Å². The number of aromatic nitrogens is 2. The van der Waals surface area contributed by atoms with Crippen LogP contribution in [-0.4, -0.2) is 44.3 Å². The van der Waals surface area contributed by atoms with Gasteiger partial charge in [-0.15, -0.1) is 0 Å². The molecular formula is C25H26ClF3N4O3. The molecule has 2 N–H and O–H groups in total. The van der Waals surface area contributed by atoms with E-state index in [1.807, 2.05) is 0 Å². The van der Waals surface area contributed by atoms with Crippen molar-refractivity contribution < 1.29 is 27.8 Å². The highest BCUT2D eigenvalue weighted by atomic mass is 35.5. The first-order chi connectivity index (χ1) is 16.8. The van der Waals surface area contributed by atoms with Gasteiger partial charge in [-0.3, -0.25) is 4.90 Å². The zero-order valence-corrected chi connectivity index (χ0v) is 20.7. The Morgan fingerprint density at radius 1 is 1.14 bits per heavy atom. The average molecular weight is 523 g/mol. The number of fused-ring (bicyclic) bond motifs is 1. The van der Waals surface area contributed by atoms with Crippen LogP contribution in [0, 0.1) is 0 Å². The number of aliphatic hydroxyl groups is 1. The second-order valence-corrected chi connectivity index (χ2v) is 9.91. The molecule has 11 heteroatoms. The van der Waals surface area contributed by atoms with Gasteiger partial charge in [0.05, 0.1) is 29.2 Å². The van der Waals surface area contributed by atoms with Crippen LogP contribution in [0.4, 0.5) is 18.0 Å². The summed E-state index contributed by atoms with van der Waals surface area (Å²) in [5, 5.41) is 18.2. The minimum absolute atomic E-state index is 0.0909. The molecule has 1 unspecified atom stereocenters. The maximum Gasteiger partial charge on any atom is 0.418 e. The number of carbonyl (C=O) groups excluding carboxylic acids is 1. The molecule has 0 radical (unpaired) electrons. The van der Waals surface area contributed by atoms with E-state index < -0.39 is 29.7 Å². The molecule has 0 fully saturated rings. The summed E-state index contributed by atoms with van der Waals surface area (Å²) in [6.07, 6.45) is -6.28. The maximum absolute atomic E-state index is 13.8. The highest BCUT2D eigenvalue weighted by Gasteiger charge is 2.37. The Morgan fingerprint density at radius 2 is 1.81 bits per heavy atom. The van der Waals surface area contributed by atoms with E-state index in [-0.39, 0.29) is 25.3 Å². The Balaban J connectivity index is 1.65. The molecule has 1 amide bonds. The van der Waals surface area contributed by atoms with Crippen molar-refractivity contribution >= 4 is 17.7 Å². The minimum atomic E-state index is -4.57. The van der Waals surface area contributed by atoms with Crippen LogP contribution in [0.5, 0.6) is 0 Å². The quantitative estimate of drug-likeness (QED) is 0.471. The normalized spacial score (nSPS) is 15.0. The van der Waals surface area contributed by atoms with E-state index >= 15 is 0 Å². The van der Waals surface area contributed by atoms with Gasteiger partial charge >= 0.3 is 12.3 Å². The number of benzene rings is 2. The number of nitrogens with one attached hydrogen (secondary N) is 1. The summed E-state index contributed by atoms with van der Waals surface area (Å²) in [5.74, 6) is 0. The molecule has 1 aromatic heterocycles. The fourth-order valence-electron chi connectivity index (χ4n) is 4.05. The molecule has 1 aliphatic rings. The van der Waals surface area contributed by atoms with E-state index in [0.29, 0.717) is 27.5 Å². The van der Waals surface area contributed by atoms with Gasteiger partial charge < -0.3 is 15.2 Å². The van der Waals surface area contributed by atoms with E-state index in [0.717, 1.165) is 6.07 Å². The van der Waals surface area contributed by atoms with E-state index in [1.54, 1.807) is 49.9 Å². The third-order valence-corrected chi connectivity index (χ3v) is 5.84. The third kappa shape index (κ3) is 5.66. The number of nitrogens with zero attached hydrogens (tertiary/aromatic N) is 3. The van der Waals surface area contributed by atoms with Crippen molar-refractivity contribution in [1.82, 2.24) is 20.0 Å². The SMILES string of the molecule is CC(C)(C)OC(=O)NCC(O)N1Cc2nn(-c3ccccc3C(F)(F)F)c(-c3ccc(Cl)cc3)c2C1. The predicted molar refractivity (Wildman–Crippen MR) is 129 cm³/mol. The molecule has 192 valence electrons. The van der Waals surface area contributed by atoms with Crippen molar-refractivity contribution in [2.75, 3.05) is 6.54 Å². The van der Waals surface area contributed by atoms with Gasteiger partial charge in [0.1, 0.15) is 11.8 Å².